The molecular formula is C20H19N3O4. The molecule has 1 saturated heterocycles. The van der Waals surface area contributed by atoms with E-state index in [1.165, 1.54) is 12.5 Å². The number of carbonyl (C=O) groups is 2. The summed E-state index contributed by atoms with van der Waals surface area (Å²) in [4.78, 5) is 28.4. The van der Waals surface area contributed by atoms with E-state index in [0.717, 1.165) is 11.1 Å². The van der Waals surface area contributed by atoms with E-state index in [4.69, 9.17) is 8.94 Å². The monoisotopic (exact) mass is 365 g/mol. The summed E-state index contributed by atoms with van der Waals surface area (Å²) in [5, 5.41) is 4.01. The van der Waals surface area contributed by atoms with Gasteiger partial charge in [-0.15, -0.1) is 0 Å². The number of hydrogen-bond acceptors (Lipinski definition) is 5. The number of piperazine rings is 1. The lowest BCUT2D eigenvalue weighted by molar-refractivity contribution is 0.0512. The molecule has 2 amide bonds. The fraction of sp³-hybridized carbons (Fsp3) is 0.250. The standard InChI is InChI=1S/C20H19N3O4/c1-14-2-4-15(5-3-14)17-12-18(27-21-17)20(25)23-9-7-22(8-10-23)19(24)16-6-11-26-13-16/h2-6,11-13H,7-10H2,1H3. The largest absolute Gasteiger partial charge is 0.472 e. The van der Waals surface area contributed by atoms with Crippen molar-refractivity contribution in [3.8, 4) is 11.3 Å². The van der Waals surface area contributed by atoms with Crippen LogP contribution in [0.1, 0.15) is 26.5 Å². The molecular weight excluding hydrogens is 346 g/mol. The van der Waals surface area contributed by atoms with Crippen molar-refractivity contribution in [2.45, 2.75) is 6.92 Å². The summed E-state index contributed by atoms with van der Waals surface area (Å²) < 4.78 is 10.2. The Morgan fingerprint density at radius 1 is 0.963 bits per heavy atom. The van der Waals surface area contributed by atoms with E-state index in [9.17, 15) is 9.59 Å². The van der Waals surface area contributed by atoms with E-state index in [1.54, 1.807) is 21.9 Å². The van der Waals surface area contributed by atoms with Crippen LogP contribution in [0.5, 0.6) is 0 Å². The minimum Gasteiger partial charge on any atom is -0.472 e. The molecule has 0 saturated carbocycles. The van der Waals surface area contributed by atoms with Gasteiger partial charge in [-0.1, -0.05) is 35.0 Å². The molecule has 4 rings (SSSR count). The molecule has 7 nitrogen and oxygen atoms in total. The van der Waals surface area contributed by atoms with E-state index in [1.807, 2.05) is 31.2 Å². The molecule has 138 valence electrons. The maximum Gasteiger partial charge on any atom is 0.292 e. The van der Waals surface area contributed by atoms with Crippen LogP contribution in [0.3, 0.4) is 0 Å². The summed E-state index contributed by atoms with van der Waals surface area (Å²) >= 11 is 0. The molecule has 0 bridgehead atoms. The summed E-state index contributed by atoms with van der Waals surface area (Å²) in [7, 11) is 0. The van der Waals surface area contributed by atoms with Crippen LogP contribution in [-0.4, -0.2) is 52.9 Å². The molecule has 1 aliphatic heterocycles. The number of carbonyl (C=O) groups excluding carboxylic acids is 2. The SMILES string of the molecule is Cc1ccc(-c2cc(C(=O)N3CCN(C(=O)c4ccoc4)CC3)on2)cc1. The number of amides is 2. The van der Waals surface area contributed by atoms with Gasteiger partial charge in [-0.2, -0.15) is 0 Å². The average molecular weight is 365 g/mol. The van der Waals surface area contributed by atoms with E-state index in [-0.39, 0.29) is 17.6 Å². The Morgan fingerprint density at radius 3 is 2.26 bits per heavy atom. The van der Waals surface area contributed by atoms with Crippen LogP contribution < -0.4 is 0 Å². The minimum atomic E-state index is -0.212. The second kappa shape index (κ2) is 7.11. The molecule has 0 radical (unpaired) electrons. The Morgan fingerprint density at radius 2 is 1.63 bits per heavy atom. The number of hydrogen-bond donors (Lipinski definition) is 0. The highest BCUT2D eigenvalue weighted by molar-refractivity contribution is 5.95. The topological polar surface area (TPSA) is 79.8 Å². The first-order valence-electron chi connectivity index (χ1n) is 8.76. The molecule has 1 aromatic carbocycles. The second-order valence-electron chi connectivity index (χ2n) is 6.54. The normalized spacial score (nSPS) is 14.4. The predicted octanol–water partition coefficient (Wildman–Crippen LogP) is 2.84. The third-order valence-electron chi connectivity index (χ3n) is 4.69. The van der Waals surface area contributed by atoms with Gasteiger partial charge in [-0.05, 0) is 13.0 Å². The highest BCUT2D eigenvalue weighted by Crippen LogP contribution is 2.21. The summed E-state index contributed by atoms with van der Waals surface area (Å²) in [6.45, 7) is 3.84. The zero-order valence-corrected chi connectivity index (χ0v) is 14.9. The van der Waals surface area contributed by atoms with Gasteiger partial charge in [0, 0.05) is 37.8 Å². The first kappa shape index (κ1) is 17.1. The van der Waals surface area contributed by atoms with Gasteiger partial charge in [-0.25, -0.2) is 0 Å². The van der Waals surface area contributed by atoms with Crippen molar-refractivity contribution in [3.63, 3.8) is 0 Å². The van der Waals surface area contributed by atoms with Crippen LogP contribution in [-0.2, 0) is 0 Å². The molecule has 1 aliphatic rings. The van der Waals surface area contributed by atoms with Crippen LogP contribution in [0, 0.1) is 6.92 Å². The quantitative estimate of drug-likeness (QED) is 0.713. The minimum absolute atomic E-state index is 0.0860. The number of aryl methyl sites for hydroxylation is 1. The molecule has 2 aromatic heterocycles. The molecule has 3 aromatic rings. The third-order valence-corrected chi connectivity index (χ3v) is 4.69. The van der Waals surface area contributed by atoms with Crippen LogP contribution in [0.15, 0.2) is 57.9 Å². The van der Waals surface area contributed by atoms with Crippen molar-refractivity contribution in [1.29, 1.82) is 0 Å². The predicted molar refractivity (Wildman–Crippen MR) is 97.2 cm³/mol. The van der Waals surface area contributed by atoms with Gasteiger partial charge in [0.1, 0.15) is 12.0 Å². The Bertz CT molecular complexity index is 936. The first-order chi connectivity index (χ1) is 13.1. The zero-order chi connectivity index (χ0) is 18.8. The number of aromatic nitrogens is 1. The number of benzene rings is 1. The number of nitrogens with zero attached hydrogens (tertiary/aromatic N) is 3. The van der Waals surface area contributed by atoms with Crippen LogP contribution in [0.2, 0.25) is 0 Å². The van der Waals surface area contributed by atoms with Crippen molar-refractivity contribution in [1.82, 2.24) is 15.0 Å². The zero-order valence-electron chi connectivity index (χ0n) is 14.9. The number of rotatable bonds is 3. The van der Waals surface area contributed by atoms with Gasteiger partial charge in [0.15, 0.2) is 0 Å². The third kappa shape index (κ3) is 3.48. The molecule has 27 heavy (non-hydrogen) atoms. The van der Waals surface area contributed by atoms with E-state index in [2.05, 4.69) is 5.16 Å². The van der Waals surface area contributed by atoms with E-state index < -0.39 is 0 Å². The Balaban J connectivity index is 1.40. The molecule has 1 fully saturated rings. The van der Waals surface area contributed by atoms with Crippen molar-refractivity contribution in [2.75, 3.05) is 26.2 Å². The lowest BCUT2D eigenvalue weighted by Gasteiger charge is -2.34. The average Bonchev–Trinajstić information content (AvgIpc) is 3.40. The number of furan rings is 1. The molecule has 0 spiro atoms. The lowest BCUT2D eigenvalue weighted by Crippen LogP contribution is -2.50. The summed E-state index contributed by atoms with van der Waals surface area (Å²) in [6, 6.07) is 11.2. The van der Waals surface area contributed by atoms with Gasteiger partial charge in [0.2, 0.25) is 5.76 Å². The highest BCUT2D eigenvalue weighted by atomic mass is 16.5. The Kier molecular flexibility index (Phi) is 4.50. The van der Waals surface area contributed by atoms with E-state index in [0.29, 0.717) is 37.4 Å². The Hall–Kier alpha value is -3.35. The van der Waals surface area contributed by atoms with Crippen molar-refractivity contribution in [2.24, 2.45) is 0 Å². The van der Waals surface area contributed by atoms with Crippen molar-refractivity contribution < 1.29 is 18.5 Å². The summed E-state index contributed by atoms with van der Waals surface area (Å²) in [5.41, 5.74) is 3.21. The van der Waals surface area contributed by atoms with Gasteiger partial charge in [0.05, 0.1) is 11.8 Å². The van der Waals surface area contributed by atoms with Crippen LogP contribution in [0.4, 0.5) is 0 Å². The lowest BCUT2D eigenvalue weighted by atomic mass is 10.1. The van der Waals surface area contributed by atoms with Crippen molar-refractivity contribution >= 4 is 11.8 Å². The molecule has 0 unspecified atom stereocenters. The van der Waals surface area contributed by atoms with Gasteiger partial charge < -0.3 is 18.7 Å². The Labute approximate surface area is 156 Å². The van der Waals surface area contributed by atoms with Gasteiger partial charge in [0.25, 0.3) is 11.8 Å². The fourth-order valence-corrected chi connectivity index (χ4v) is 3.07. The first-order valence-corrected chi connectivity index (χ1v) is 8.76. The smallest absolute Gasteiger partial charge is 0.292 e. The summed E-state index contributed by atoms with van der Waals surface area (Å²) in [6.07, 6.45) is 2.91. The fourth-order valence-electron chi connectivity index (χ4n) is 3.07. The second-order valence-corrected chi connectivity index (χ2v) is 6.54. The van der Waals surface area contributed by atoms with Gasteiger partial charge in [-0.3, -0.25) is 9.59 Å². The molecule has 0 atom stereocenters. The maximum absolute atomic E-state index is 12.7. The maximum atomic E-state index is 12.7. The summed E-state index contributed by atoms with van der Waals surface area (Å²) in [5.74, 6) is -0.0892. The van der Waals surface area contributed by atoms with Gasteiger partial charge >= 0.3 is 0 Å². The highest BCUT2D eigenvalue weighted by Gasteiger charge is 2.28. The molecule has 3 heterocycles. The molecule has 0 N–H and O–H groups in total. The van der Waals surface area contributed by atoms with Crippen LogP contribution in [0.25, 0.3) is 11.3 Å². The van der Waals surface area contributed by atoms with Crippen LogP contribution >= 0.6 is 0 Å². The molecule has 7 heteroatoms. The van der Waals surface area contributed by atoms with Crippen molar-refractivity contribution in [3.05, 3.63) is 65.8 Å². The van der Waals surface area contributed by atoms with E-state index >= 15 is 0 Å². The molecule has 0 aliphatic carbocycles.